The molecule has 0 saturated carbocycles. The van der Waals surface area contributed by atoms with Crippen molar-refractivity contribution in [2.45, 2.75) is 32.9 Å². The summed E-state index contributed by atoms with van der Waals surface area (Å²) in [7, 11) is 0. The first-order valence-electron chi connectivity index (χ1n) is 9.01. The molecule has 1 aromatic carbocycles. The monoisotopic (exact) mass is 351 g/mol. The van der Waals surface area contributed by atoms with Crippen LogP contribution in [0.1, 0.15) is 25.8 Å². The highest BCUT2D eigenvalue weighted by molar-refractivity contribution is 5.96. The predicted octanol–water partition coefficient (Wildman–Crippen LogP) is 3.67. The standard InChI is InChI=1S/C21H25N3O2/c1-16(2)19-18(10-9-17-7-4-3-5-8-17)24(21(26)20(19)25)13-6-12-23-14-11-22-15-23/h3-5,7-11,14-16,18,25H,6,12-13H2,1-2H3/b10-9+. The summed E-state index contributed by atoms with van der Waals surface area (Å²) in [5, 5.41) is 10.4. The number of carbonyl (C=O) groups is 1. The van der Waals surface area contributed by atoms with Gasteiger partial charge in [-0.25, -0.2) is 4.98 Å². The summed E-state index contributed by atoms with van der Waals surface area (Å²) in [5.41, 5.74) is 1.87. The third-order valence-electron chi connectivity index (χ3n) is 4.66. The first-order chi connectivity index (χ1) is 12.6. The molecule has 2 aromatic rings. The van der Waals surface area contributed by atoms with Crippen LogP contribution in [0.5, 0.6) is 0 Å². The molecule has 0 aliphatic carbocycles. The van der Waals surface area contributed by atoms with E-state index in [0.29, 0.717) is 6.54 Å². The van der Waals surface area contributed by atoms with Crippen molar-refractivity contribution in [2.75, 3.05) is 6.54 Å². The maximum Gasteiger partial charge on any atom is 0.289 e. The number of benzene rings is 1. The molecule has 0 radical (unpaired) electrons. The third kappa shape index (κ3) is 3.87. The fourth-order valence-corrected chi connectivity index (χ4v) is 3.37. The van der Waals surface area contributed by atoms with Crippen LogP contribution in [-0.4, -0.2) is 38.1 Å². The van der Waals surface area contributed by atoms with E-state index in [1.54, 1.807) is 17.4 Å². The largest absolute Gasteiger partial charge is 0.503 e. The lowest BCUT2D eigenvalue weighted by Gasteiger charge is -2.25. The van der Waals surface area contributed by atoms with Crippen molar-refractivity contribution in [2.24, 2.45) is 5.92 Å². The van der Waals surface area contributed by atoms with Gasteiger partial charge in [0.25, 0.3) is 5.91 Å². The van der Waals surface area contributed by atoms with E-state index in [1.165, 1.54) is 0 Å². The Labute approximate surface area is 154 Å². The number of aliphatic hydroxyl groups is 1. The van der Waals surface area contributed by atoms with Crippen LogP contribution in [0.25, 0.3) is 6.08 Å². The van der Waals surface area contributed by atoms with Crippen molar-refractivity contribution in [3.8, 4) is 0 Å². The van der Waals surface area contributed by atoms with Crippen molar-refractivity contribution in [3.05, 3.63) is 72.0 Å². The molecule has 0 spiro atoms. The van der Waals surface area contributed by atoms with Crippen LogP contribution in [0.2, 0.25) is 0 Å². The van der Waals surface area contributed by atoms with Crippen molar-refractivity contribution < 1.29 is 9.90 Å². The number of aliphatic hydroxyl groups excluding tert-OH is 1. The van der Waals surface area contributed by atoms with Crippen LogP contribution in [0.3, 0.4) is 0 Å². The maximum atomic E-state index is 12.6. The van der Waals surface area contributed by atoms with E-state index >= 15 is 0 Å². The molecule has 2 heterocycles. The van der Waals surface area contributed by atoms with E-state index < -0.39 is 0 Å². The number of aryl methyl sites for hydroxylation is 1. The van der Waals surface area contributed by atoms with Gasteiger partial charge in [0.05, 0.1) is 12.4 Å². The van der Waals surface area contributed by atoms with Gasteiger partial charge in [-0.05, 0) is 17.9 Å². The number of hydrogen-bond acceptors (Lipinski definition) is 3. The first-order valence-corrected chi connectivity index (χ1v) is 9.01. The van der Waals surface area contributed by atoms with E-state index in [4.69, 9.17) is 0 Å². The number of imidazole rings is 1. The van der Waals surface area contributed by atoms with E-state index in [0.717, 1.165) is 24.1 Å². The number of amides is 1. The summed E-state index contributed by atoms with van der Waals surface area (Å²) >= 11 is 0. The Morgan fingerprint density at radius 2 is 2.00 bits per heavy atom. The average Bonchev–Trinajstić information content (AvgIpc) is 3.23. The molecule has 1 aliphatic rings. The molecule has 5 heteroatoms. The molecule has 1 aliphatic heterocycles. The summed E-state index contributed by atoms with van der Waals surface area (Å²) in [6, 6.07) is 9.79. The Bertz CT molecular complexity index is 792. The number of hydrogen-bond donors (Lipinski definition) is 1. The van der Waals surface area contributed by atoms with Crippen LogP contribution in [0.15, 0.2) is 66.5 Å². The quantitative estimate of drug-likeness (QED) is 0.828. The molecule has 26 heavy (non-hydrogen) atoms. The molecule has 5 nitrogen and oxygen atoms in total. The van der Waals surface area contributed by atoms with Crippen molar-refractivity contribution >= 4 is 12.0 Å². The fraction of sp³-hybridized carbons (Fsp3) is 0.333. The Balaban J connectivity index is 1.77. The van der Waals surface area contributed by atoms with Gasteiger partial charge in [-0.2, -0.15) is 0 Å². The van der Waals surface area contributed by atoms with Crippen molar-refractivity contribution in [1.82, 2.24) is 14.5 Å². The number of aromatic nitrogens is 2. The first kappa shape index (κ1) is 18.0. The van der Waals surface area contributed by atoms with Gasteiger partial charge >= 0.3 is 0 Å². The molecular formula is C21H25N3O2. The molecule has 1 atom stereocenters. The molecule has 0 bridgehead atoms. The number of carbonyl (C=O) groups excluding carboxylic acids is 1. The van der Waals surface area contributed by atoms with E-state index in [2.05, 4.69) is 4.98 Å². The molecule has 1 unspecified atom stereocenters. The van der Waals surface area contributed by atoms with Gasteiger partial charge in [-0.1, -0.05) is 56.3 Å². The summed E-state index contributed by atoms with van der Waals surface area (Å²) < 4.78 is 1.99. The van der Waals surface area contributed by atoms with Crippen LogP contribution in [-0.2, 0) is 11.3 Å². The Hall–Kier alpha value is -2.82. The van der Waals surface area contributed by atoms with Gasteiger partial charge in [0.2, 0.25) is 0 Å². The second-order valence-electron chi connectivity index (χ2n) is 6.83. The smallest absolute Gasteiger partial charge is 0.289 e. The average molecular weight is 351 g/mol. The number of rotatable bonds is 7. The molecule has 136 valence electrons. The maximum absolute atomic E-state index is 12.6. The van der Waals surface area contributed by atoms with Gasteiger partial charge < -0.3 is 14.6 Å². The van der Waals surface area contributed by atoms with Crippen LogP contribution >= 0.6 is 0 Å². The van der Waals surface area contributed by atoms with Crippen molar-refractivity contribution in [3.63, 3.8) is 0 Å². The second kappa shape index (κ2) is 8.04. The van der Waals surface area contributed by atoms with Crippen LogP contribution in [0.4, 0.5) is 0 Å². The highest BCUT2D eigenvalue weighted by Crippen LogP contribution is 2.31. The third-order valence-corrected chi connectivity index (χ3v) is 4.66. The minimum atomic E-state index is -0.276. The normalized spacial score (nSPS) is 17.9. The van der Waals surface area contributed by atoms with E-state index in [9.17, 15) is 9.90 Å². The van der Waals surface area contributed by atoms with E-state index in [1.807, 2.05) is 67.1 Å². The summed E-state index contributed by atoms with van der Waals surface area (Å²) in [6.45, 7) is 5.39. The summed E-state index contributed by atoms with van der Waals surface area (Å²) in [6.07, 6.45) is 10.3. The highest BCUT2D eigenvalue weighted by Gasteiger charge is 2.38. The lowest BCUT2D eigenvalue weighted by Crippen LogP contribution is -2.36. The van der Waals surface area contributed by atoms with Gasteiger partial charge in [0.1, 0.15) is 0 Å². The zero-order chi connectivity index (χ0) is 18.5. The lowest BCUT2D eigenvalue weighted by atomic mass is 9.95. The number of nitrogens with zero attached hydrogens (tertiary/aromatic N) is 3. The summed E-state index contributed by atoms with van der Waals surface area (Å²) in [5.74, 6) is -0.268. The van der Waals surface area contributed by atoms with Gasteiger partial charge in [0.15, 0.2) is 5.76 Å². The van der Waals surface area contributed by atoms with Crippen LogP contribution < -0.4 is 0 Å². The molecule has 1 aromatic heterocycles. The minimum absolute atomic E-state index is 0.0923. The molecule has 0 fully saturated rings. The topological polar surface area (TPSA) is 58.4 Å². The second-order valence-corrected chi connectivity index (χ2v) is 6.83. The van der Waals surface area contributed by atoms with Gasteiger partial charge in [-0.3, -0.25) is 4.79 Å². The van der Waals surface area contributed by atoms with Crippen molar-refractivity contribution in [1.29, 1.82) is 0 Å². The van der Waals surface area contributed by atoms with E-state index in [-0.39, 0.29) is 23.6 Å². The highest BCUT2D eigenvalue weighted by atomic mass is 16.3. The molecule has 1 amide bonds. The molecule has 3 rings (SSSR count). The van der Waals surface area contributed by atoms with Gasteiger partial charge in [-0.15, -0.1) is 0 Å². The predicted molar refractivity (Wildman–Crippen MR) is 102 cm³/mol. The molecule has 1 N–H and O–H groups in total. The SMILES string of the molecule is CC(C)C1=C(O)C(=O)N(CCCn2ccnc2)C1/C=C/c1ccccc1. The summed E-state index contributed by atoms with van der Waals surface area (Å²) in [4.78, 5) is 18.4. The fourth-order valence-electron chi connectivity index (χ4n) is 3.37. The Kier molecular flexibility index (Phi) is 5.56. The Morgan fingerprint density at radius 1 is 1.23 bits per heavy atom. The minimum Gasteiger partial charge on any atom is -0.503 e. The molecular weight excluding hydrogens is 326 g/mol. The molecule has 0 saturated heterocycles. The van der Waals surface area contributed by atoms with Gasteiger partial charge in [0, 0.05) is 31.1 Å². The zero-order valence-electron chi connectivity index (χ0n) is 15.2. The zero-order valence-corrected chi connectivity index (χ0v) is 15.2. The van der Waals surface area contributed by atoms with Crippen LogP contribution in [0, 0.1) is 5.92 Å². The lowest BCUT2D eigenvalue weighted by molar-refractivity contribution is -0.128. The Morgan fingerprint density at radius 3 is 2.65 bits per heavy atom.